The molecule has 4 nitrogen and oxygen atoms in total. The predicted molar refractivity (Wildman–Crippen MR) is 64.1 cm³/mol. The summed E-state index contributed by atoms with van der Waals surface area (Å²) in [7, 11) is 0. The summed E-state index contributed by atoms with van der Waals surface area (Å²) in [5, 5.41) is 3.38. The predicted octanol–water partition coefficient (Wildman–Crippen LogP) is 1.19. The Kier molecular flexibility index (Phi) is 4.74. The molecule has 0 aromatic heterocycles. The van der Waals surface area contributed by atoms with Crippen LogP contribution in [0.25, 0.3) is 0 Å². The van der Waals surface area contributed by atoms with E-state index in [4.69, 9.17) is 10.5 Å². The van der Waals surface area contributed by atoms with E-state index < -0.39 is 11.6 Å². The van der Waals surface area contributed by atoms with Crippen LogP contribution in [0.3, 0.4) is 0 Å². The van der Waals surface area contributed by atoms with Crippen LogP contribution in [0.15, 0.2) is 0 Å². The van der Waals surface area contributed by atoms with E-state index in [1.165, 1.54) is 12.8 Å². The number of nitrogens with one attached hydrogen (secondary N) is 1. The van der Waals surface area contributed by atoms with Crippen LogP contribution in [-0.2, 0) is 9.53 Å². The highest BCUT2D eigenvalue weighted by molar-refractivity contribution is 5.75. The normalized spacial score (nSPS) is 23.9. The molecule has 0 amide bonds. The molecule has 1 fully saturated rings. The summed E-state index contributed by atoms with van der Waals surface area (Å²) >= 11 is 0. The SMILES string of the molecule is CC(C)(C)OC(=O)[C@H](N)C[C@H]1CCCCN1. The fourth-order valence-corrected chi connectivity index (χ4v) is 1.91. The lowest BCUT2D eigenvalue weighted by atomic mass is 9.98. The maximum absolute atomic E-state index is 11.7. The van der Waals surface area contributed by atoms with E-state index in [1.54, 1.807) is 0 Å². The second-order valence-corrected chi connectivity index (χ2v) is 5.52. The van der Waals surface area contributed by atoms with Gasteiger partial charge in [0.1, 0.15) is 11.6 Å². The number of carbonyl (C=O) groups is 1. The molecule has 1 heterocycles. The smallest absolute Gasteiger partial charge is 0.323 e. The second-order valence-electron chi connectivity index (χ2n) is 5.52. The van der Waals surface area contributed by atoms with Gasteiger partial charge in [-0.15, -0.1) is 0 Å². The highest BCUT2D eigenvalue weighted by Crippen LogP contribution is 2.14. The molecule has 0 unspecified atom stereocenters. The molecule has 2 atom stereocenters. The third-order valence-corrected chi connectivity index (χ3v) is 2.66. The molecule has 1 rings (SSSR count). The Morgan fingerprint density at radius 1 is 1.50 bits per heavy atom. The number of nitrogens with two attached hydrogens (primary N) is 1. The molecule has 0 aliphatic carbocycles. The van der Waals surface area contributed by atoms with Gasteiger partial charge in [-0.1, -0.05) is 6.42 Å². The molecule has 0 aromatic rings. The molecule has 1 aliphatic heterocycles. The molecule has 0 bridgehead atoms. The number of rotatable bonds is 3. The third kappa shape index (κ3) is 4.94. The molecule has 1 saturated heterocycles. The summed E-state index contributed by atoms with van der Waals surface area (Å²) in [6.07, 6.45) is 4.22. The van der Waals surface area contributed by atoms with Crippen LogP contribution < -0.4 is 11.1 Å². The van der Waals surface area contributed by atoms with Crippen LogP contribution in [0.5, 0.6) is 0 Å². The minimum Gasteiger partial charge on any atom is -0.459 e. The highest BCUT2D eigenvalue weighted by Gasteiger charge is 2.25. The van der Waals surface area contributed by atoms with Gasteiger partial charge in [0.05, 0.1) is 0 Å². The molecule has 0 saturated carbocycles. The van der Waals surface area contributed by atoms with Crippen LogP contribution in [0.1, 0.15) is 46.5 Å². The van der Waals surface area contributed by atoms with Crippen molar-refractivity contribution < 1.29 is 9.53 Å². The average Bonchev–Trinajstić information content (AvgIpc) is 2.16. The lowest BCUT2D eigenvalue weighted by molar-refractivity contribution is -0.156. The first kappa shape index (κ1) is 13.5. The summed E-state index contributed by atoms with van der Waals surface area (Å²) in [6.45, 7) is 6.61. The van der Waals surface area contributed by atoms with Gasteiger partial charge in [0, 0.05) is 6.04 Å². The largest absolute Gasteiger partial charge is 0.459 e. The topological polar surface area (TPSA) is 64.3 Å². The van der Waals surface area contributed by atoms with Crippen LogP contribution in [-0.4, -0.2) is 30.2 Å². The fourth-order valence-electron chi connectivity index (χ4n) is 1.91. The van der Waals surface area contributed by atoms with Crippen molar-refractivity contribution >= 4 is 5.97 Å². The molecule has 0 spiro atoms. The van der Waals surface area contributed by atoms with Gasteiger partial charge in [-0.3, -0.25) is 4.79 Å². The molecule has 0 radical (unpaired) electrons. The van der Waals surface area contributed by atoms with Crippen LogP contribution in [0.2, 0.25) is 0 Å². The highest BCUT2D eigenvalue weighted by atomic mass is 16.6. The van der Waals surface area contributed by atoms with Crippen LogP contribution in [0, 0.1) is 0 Å². The van der Waals surface area contributed by atoms with Crippen LogP contribution in [0.4, 0.5) is 0 Å². The van der Waals surface area contributed by atoms with E-state index in [1.807, 2.05) is 20.8 Å². The zero-order chi connectivity index (χ0) is 12.2. The first-order valence-electron chi connectivity index (χ1n) is 6.10. The van der Waals surface area contributed by atoms with E-state index in [0.717, 1.165) is 13.0 Å². The number of carbonyl (C=O) groups excluding carboxylic acids is 1. The van der Waals surface area contributed by atoms with Crippen LogP contribution >= 0.6 is 0 Å². The lowest BCUT2D eigenvalue weighted by Crippen LogP contribution is -2.44. The van der Waals surface area contributed by atoms with Gasteiger partial charge in [0.25, 0.3) is 0 Å². The maximum Gasteiger partial charge on any atom is 0.323 e. The quantitative estimate of drug-likeness (QED) is 0.712. The summed E-state index contributed by atoms with van der Waals surface area (Å²) < 4.78 is 5.25. The Balaban J connectivity index is 2.33. The Morgan fingerprint density at radius 3 is 2.69 bits per heavy atom. The summed E-state index contributed by atoms with van der Waals surface area (Å²) in [6, 6.07) is -0.133. The van der Waals surface area contributed by atoms with Gasteiger partial charge < -0.3 is 15.8 Å². The van der Waals surface area contributed by atoms with E-state index in [9.17, 15) is 4.79 Å². The first-order valence-corrected chi connectivity index (χ1v) is 6.10. The van der Waals surface area contributed by atoms with E-state index in [-0.39, 0.29) is 5.97 Å². The molecular formula is C12H24N2O2. The van der Waals surface area contributed by atoms with Gasteiger partial charge in [0.15, 0.2) is 0 Å². The maximum atomic E-state index is 11.7. The van der Waals surface area contributed by atoms with Crippen molar-refractivity contribution in [2.75, 3.05) is 6.54 Å². The molecule has 0 aromatic carbocycles. The molecule has 94 valence electrons. The van der Waals surface area contributed by atoms with Gasteiger partial charge >= 0.3 is 5.97 Å². The van der Waals surface area contributed by atoms with Crippen molar-refractivity contribution in [3.05, 3.63) is 0 Å². The molecule has 16 heavy (non-hydrogen) atoms. The van der Waals surface area contributed by atoms with Crippen molar-refractivity contribution in [3.63, 3.8) is 0 Å². The molecule has 1 aliphatic rings. The fraction of sp³-hybridized carbons (Fsp3) is 0.917. The number of esters is 1. The lowest BCUT2D eigenvalue weighted by Gasteiger charge is -2.27. The number of piperidine rings is 1. The molecular weight excluding hydrogens is 204 g/mol. The molecule has 4 heteroatoms. The summed E-state index contributed by atoms with van der Waals surface area (Å²) in [5.41, 5.74) is 5.39. The van der Waals surface area contributed by atoms with E-state index in [2.05, 4.69) is 5.32 Å². The van der Waals surface area contributed by atoms with Crippen molar-refractivity contribution in [2.24, 2.45) is 5.73 Å². The number of hydrogen-bond donors (Lipinski definition) is 2. The van der Waals surface area contributed by atoms with Crippen molar-refractivity contribution in [1.82, 2.24) is 5.32 Å². The minimum atomic E-state index is -0.505. The number of ether oxygens (including phenoxy) is 1. The van der Waals surface area contributed by atoms with Crippen molar-refractivity contribution in [1.29, 1.82) is 0 Å². The van der Waals surface area contributed by atoms with E-state index >= 15 is 0 Å². The standard InChI is InChI=1S/C12H24N2O2/c1-12(2,3)16-11(15)10(13)8-9-6-4-5-7-14-9/h9-10,14H,4-8,13H2,1-3H3/t9-,10-/m1/s1. The second kappa shape index (κ2) is 5.64. The minimum absolute atomic E-state index is 0.292. The summed E-state index contributed by atoms with van der Waals surface area (Å²) in [5.74, 6) is -0.292. The van der Waals surface area contributed by atoms with Gasteiger partial charge in [-0.05, 0) is 46.6 Å². The van der Waals surface area contributed by atoms with Gasteiger partial charge in [0.2, 0.25) is 0 Å². The first-order chi connectivity index (χ1) is 7.38. The zero-order valence-corrected chi connectivity index (χ0v) is 10.6. The van der Waals surface area contributed by atoms with E-state index in [0.29, 0.717) is 12.5 Å². The third-order valence-electron chi connectivity index (χ3n) is 2.66. The Bertz CT molecular complexity index is 230. The van der Waals surface area contributed by atoms with Crippen molar-refractivity contribution in [3.8, 4) is 0 Å². The Hall–Kier alpha value is -0.610. The Labute approximate surface area is 97.9 Å². The molecule has 3 N–H and O–H groups in total. The monoisotopic (exact) mass is 228 g/mol. The average molecular weight is 228 g/mol. The summed E-state index contributed by atoms with van der Waals surface area (Å²) in [4.78, 5) is 11.7. The number of hydrogen-bond acceptors (Lipinski definition) is 4. The zero-order valence-electron chi connectivity index (χ0n) is 10.6. The van der Waals surface area contributed by atoms with Gasteiger partial charge in [-0.2, -0.15) is 0 Å². The van der Waals surface area contributed by atoms with Gasteiger partial charge in [-0.25, -0.2) is 0 Å². The van der Waals surface area contributed by atoms with Crippen molar-refractivity contribution in [2.45, 2.75) is 64.1 Å². The Morgan fingerprint density at radius 2 is 2.19 bits per heavy atom.